The summed E-state index contributed by atoms with van der Waals surface area (Å²) in [5.41, 5.74) is 3.39. The highest BCUT2D eigenvalue weighted by Crippen LogP contribution is 2.27. The van der Waals surface area contributed by atoms with E-state index in [1.54, 1.807) is 36.1 Å². The number of aromatic nitrogens is 2. The van der Waals surface area contributed by atoms with Crippen LogP contribution in [0.15, 0.2) is 53.1 Å². The van der Waals surface area contributed by atoms with Crippen LogP contribution in [0.5, 0.6) is 0 Å². The molecule has 7 heteroatoms. The molecule has 1 saturated heterocycles. The first-order chi connectivity index (χ1) is 13.5. The summed E-state index contributed by atoms with van der Waals surface area (Å²) >= 11 is 0. The molecule has 2 aromatic carbocycles. The fourth-order valence-electron chi connectivity index (χ4n) is 3.21. The Balaban J connectivity index is 1.41. The SMILES string of the molecule is Cc1ccc(N2C[C@@H](C(=O)Nc3ccc(-c4nc(C)no4)cc3)CC2=O)cc1. The molecule has 0 aliphatic carbocycles. The summed E-state index contributed by atoms with van der Waals surface area (Å²) in [7, 11) is 0. The number of hydrogen-bond acceptors (Lipinski definition) is 5. The van der Waals surface area contributed by atoms with Crippen LogP contribution in [-0.4, -0.2) is 28.5 Å². The minimum atomic E-state index is -0.382. The van der Waals surface area contributed by atoms with Crippen LogP contribution in [0.4, 0.5) is 11.4 Å². The molecule has 0 bridgehead atoms. The number of nitrogens with one attached hydrogen (secondary N) is 1. The average molecular weight is 376 g/mol. The maximum Gasteiger partial charge on any atom is 0.257 e. The lowest BCUT2D eigenvalue weighted by molar-refractivity contribution is -0.122. The minimum absolute atomic E-state index is 0.0360. The van der Waals surface area contributed by atoms with Crippen LogP contribution >= 0.6 is 0 Å². The molecule has 1 N–H and O–H groups in total. The molecular weight excluding hydrogens is 356 g/mol. The number of amides is 2. The van der Waals surface area contributed by atoms with Gasteiger partial charge in [-0.15, -0.1) is 0 Å². The monoisotopic (exact) mass is 376 g/mol. The van der Waals surface area contributed by atoms with E-state index in [2.05, 4.69) is 15.5 Å². The molecule has 1 atom stereocenters. The Hall–Kier alpha value is -3.48. The van der Waals surface area contributed by atoms with Crippen LogP contribution < -0.4 is 10.2 Å². The Morgan fingerprint density at radius 2 is 1.82 bits per heavy atom. The van der Waals surface area contributed by atoms with Crippen LogP contribution in [0.25, 0.3) is 11.5 Å². The number of aryl methyl sites for hydroxylation is 2. The predicted molar refractivity (Wildman–Crippen MR) is 105 cm³/mol. The zero-order chi connectivity index (χ0) is 19.7. The smallest absolute Gasteiger partial charge is 0.257 e. The first-order valence-electron chi connectivity index (χ1n) is 9.08. The van der Waals surface area contributed by atoms with Gasteiger partial charge < -0.3 is 14.7 Å². The first-order valence-corrected chi connectivity index (χ1v) is 9.08. The standard InChI is InChI=1S/C21H20N4O3/c1-13-3-9-18(10-4-13)25-12-16(11-19(25)26)20(27)23-17-7-5-15(6-8-17)21-22-14(2)24-28-21/h3-10,16H,11-12H2,1-2H3,(H,23,27)/t16-/m0/s1. The normalized spacial score (nSPS) is 16.4. The van der Waals surface area contributed by atoms with E-state index in [0.29, 0.717) is 23.9 Å². The highest BCUT2D eigenvalue weighted by molar-refractivity contribution is 6.03. The molecule has 0 unspecified atom stereocenters. The second-order valence-electron chi connectivity index (χ2n) is 6.95. The van der Waals surface area contributed by atoms with Crippen molar-refractivity contribution in [1.29, 1.82) is 0 Å². The molecule has 1 aliphatic heterocycles. The molecule has 0 spiro atoms. The van der Waals surface area contributed by atoms with Crippen molar-refractivity contribution in [2.75, 3.05) is 16.8 Å². The molecule has 1 aromatic heterocycles. The zero-order valence-electron chi connectivity index (χ0n) is 15.7. The number of anilines is 2. The molecule has 3 aromatic rings. The van der Waals surface area contributed by atoms with Gasteiger partial charge in [0, 0.05) is 29.9 Å². The lowest BCUT2D eigenvalue weighted by Gasteiger charge is -2.17. The molecule has 7 nitrogen and oxygen atoms in total. The van der Waals surface area contributed by atoms with Crippen LogP contribution in [0.1, 0.15) is 17.8 Å². The highest BCUT2D eigenvalue weighted by atomic mass is 16.5. The Labute approximate surface area is 162 Å². The second kappa shape index (κ2) is 7.26. The Morgan fingerprint density at radius 3 is 2.46 bits per heavy atom. The number of nitrogens with zero attached hydrogens (tertiary/aromatic N) is 3. The molecule has 0 saturated carbocycles. The summed E-state index contributed by atoms with van der Waals surface area (Å²) in [4.78, 5) is 30.8. The fourth-order valence-corrected chi connectivity index (χ4v) is 3.21. The van der Waals surface area contributed by atoms with E-state index >= 15 is 0 Å². The first kappa shape index (κ1) is 17.9. The largest absolute Gasteiger partial charge is 0.334 e. The van der Waals surface area contributed by atoms with E-state index < -0.39 is 0 Å². The van der Waals surface area contributed by atoms with Gasteiger partial charge in [0.05, 0.1) is 5.92 Å². The van der Waals surface area contributed by atoms with Crippen molar-refractivity contribution in [1.82, 2.24) is 10.1 Å². The number of carbonyl (C=O) groups excluding carboxylic acids is 2. The number of carbonyl (C=O) groups is 2. The fraction of sp³-hybridized carbons (Fsp3) is 0.238. The van der Waals surface area contributed by atoms with Crippen LogP contribution in [0.3, 0.4) is 0 Å². The van der Waals surface area contributed by atoms with Crippen molar-refractivity contribution in [2.24, 2.45) is 5.92 Å². The minimum Gasteiger partial charge on any atom is -0.334 e. The average Bonchev–Trinajstić information content (AvgIpc) is 3.29. The Kier molecular flexibility index (Phi) is 4.65. The van der Waals surface area contributed by atoms with Gasteiger partial charge in [0.15, 0.2) is 5.82 Å². The quantitative estimate of drug-likeness (QED) is 0.754. The van der Waals surface area contributed by atoms with E-state index in [1.807, 2.05) is 31.2 Å². The third kappa shape index (κ3) is 3.64. The van der Waals surface area contributed by atoms with Gasteiger partial charge in [-0.05, 0) is 50.2 Å². The van der Waals surface area contributed by atoms with Gasteiger partial charge in [-0.25, -0.2) is 0 Å². The van der Waals surface area contributed by atoms with E-state index in [9.17, 15) is 9.59 Å². The maximum absolute atomic E-state index is 12.6. The van der Waals surface area contributed by atoms with Crippen molar-refractivity contribution in [3.8, 4) is 11.5 Å². The second-order valence-corrected chi connectivity index (χ2v) is 6.95. The number of rotatable bonds is 4. The van der Waals surface area contributed by atoms with Crippen molar-refractivity contribution < 1.29 is 14.1 Å². The van der Waals surface area contributed by atoms with E-state index in [-0.39, 0.29) is 24.2 Å². The van der Waals surface area contributed by atoms with Gasteiger partial charge in [-0.2, -0.15) is 4.98 Å². The van der Waals surface area contributed by atoms with Crippen molar-refractivity contribution in [2.45, 2.75) is 20.3 Å². The Bertz CT molecular complexity index is 1010. The lowest BCUT2D eigenvalue weighted by Crippen LogP contribution is -2.28. The third-order valence-corrected chi connectivity index (χ3v) is 4.77. The number of benzene rings is 2. The van der Waals surface area contributed by atoms with Gasteiger partial charge in [-0.3, -0.25) is 9.59 Å². The van der Waals surface area contributed by atoms with Crippen molar-refractivity contribution in [3.05, 3.63) is 59.9 Å². The Morgan fingerprint density at radius 1 is 1.11 bits per heavy atom. The summed E-state index contributed by atoms with van der Waals surface area (Å²) in [5, 5.41) is 6.65. The lowest BCUT2D eigenvalue weighted by atomic mass is 10.1. The van der Waals surface area contributed by atoms with Gasteiger partial charge in [0.1, 0.15) is 0 Å². The molecule has 142 valence electrons. The summed E-state index contributed by atoms with van der Waals surface area (Å²) in [5.74, 6) is 0.421. The molecule has 28 heavy (non-hydrogen) atoms. The molecule has 1 aliphatic rings. The predicted octanol–water partition coefficient (Wildman–Crippen LogP) is 3.35. The van der Waals surface area contributed by atoms with Crippen molar-refractivity contribution >= 4 is 23.2 Å². The zero-order valence-corrected chi connectivity index (χ0v) is 15.7. The summed E-state index contributed by atoms with van der Waals surface area (Å²) < 4.78 is 5.13. The molecule has 4 rings (SSSR count). The van der Waals surface area contributed by atoms with Gasteiger partial charge in [0.25, 0.3) is 5.89 Å². The van der Waals surface area contributed by atoms with Crippen molar-refractivity contribution in [3.63, 3.8) is 0 Å². The highest BCUT2D eigenvalue weighted by Gasteiger charge is 2.35. The van der Waals surface area contributed by atoms with Crippen LogP contribution in [0, 0.1) is 19.8 Å². The molecule has 1 fully saturated rings. The van der Waals surface area contributed by atoms with E-state index in [1.165, 1.54) is 0 Å². The van der Waals surface area contributed by atoms with Gasteiger partial charge in [0.2, 0.25) is 11.8 Å². The van der Waals surface area contributed by atoms with Crippen LogP contribution in [0.2, 0.25) is 0 Å². The molecule has 2 heterocycles. The third-order valence-electron chi connectivity index (χ3n) is 4.77. The summed E-state index contributed by atoms with van der Waals surface area (Å²) in [6.07, 6.45) is 0.207. The molecule has 0 radical (unpaired) electrons. The van der Waals surface area contributed by atoms with E-state index in [0.717, 1.165) is 16.8 Å². The van der Waals surface area contributed by atoms with Gasteiger partial charge >= 0.3 is 0 Å². The molecule has 2 amide bonds. The number of hydrogen-bond donors (Lipinski definition) is 1. The van der Waals surface area contributed by atoms with E-state index in [4.69, 9.17) is 4.52 Å². The van der Waals surface area contributed by atoms with Crippen LogP contribution in [-0.2, 0) is 9.59 Å². The summed E-state index contributed by atoms with van der Waals surface area (Å²) in [6, 6.07) is 14.9. The summed E-state index contributed by atoms with van der Waals surface area (Å²) in [6.45, 7) is 4.13. The van der Waals surface area contributed by atoms with Gasteiger partial charge in [-0.1, -0.05) is 22.9 Å². The maximum atomic E-state index is 12.6. The topological polar surface area (TPSA) is 88.3 Å². The molecular formula is C21H20N4O3.